The van der Waals surface area contributed by atoms with Crippen molar-refractivity contribution in [3.63, 3.8) is 0 Å². The van der Waals surface area contributed by atoms with Gasteiger partial charge in [0.25, 0.3) is 0 Å². The average Bonchev–Trinajstić information content (AvgIpc) is 2.67. The van der Waals surface area contributed by atoms with Gasteiger partial charge in [-0.1, -0.05) is 30.3 Å². The molecule has 3 nitrogen and oxygen atoms in total. The lowest BCUT2D eigenvalue weighted by molar-refractivity contribution is 0.101. The summed E-state index contributed by atoms with van der Waals surface area (Å²) in [7, 11) is 0. The van der Waals surface area contributed by atoms with Gasteiger partial charge in [0.1, 0.15) is 11.4 Å². The summed E-state index contributed by atoms with van der Waals surface area (Å²) in [6.45, 7) is 1.50. The van der Waals surface area contributed by atoms with Crippen LogP contribution in [0, 0.1) is 0 Å². The van der Waals surface area contributed by atoms with Crippen molar-refractivity contribution < 1.29 is 4.79 Å². The SMILES string of the molecule is CC(=O)c1nsnc1-c1ccccc1. The quantitative estimate of drug-likeness (QED) is 0.705. The first-order valence-electron chi connectivity index (χ1n) is 4.18. The van der Waals surface area contributed by atoms with Crippen molar-refractivity contribution in [1.29, 1.82) is 0 Å². The number of hydrogen-bond acceptors (Lipinski definition) is 4. The van der Waals surface area contributed by atoms with Crippen molar-refractivity contribution in [3.8, 4) is 11.3 Å². The molecule has 0 aliphatic carbocycles. The summed E-state index contributed by atoms with van der Waals surface area (Å²) >= 11 is 1.07. The lowest BCUT2D eigenvalue weighted by Crippen LogP contribution is -1.94. The summed E-state index contributed by atoms with van der Waals surface area (Å²) in [6, 6.07) is 9.60. The van der Waals surface area contributed by atoms with E-state index in [-0.39, 0.29) is 5.78 Å². The molecule has 0 bridgehead atoms. The summed E-state index contributed by atoms with van der Waals surface area (Å²) in [5, 5.41) is 0. The summed E-state index contributed by atoms with van der Waals surface area (Å²) in [6.07, 6.45) is 0. The Morgan fingerprint density at radius 2 is 1.93 bits per heavy atom. The molecule has 1 aromatic heterocycles. The molecule has 0 amide bonds. The van der Waals surface area contributed by atoms with Gasteiger partial charge in [0, 0.05) is 12.5 Å². The first-order chi connectivity index (χ1) is 6.79. The number of hydrogen-bond donors (Lipinski definition) is 0. The standard InChI is InChI=1S/C10H8N2OS/c1-7(13)9-10(12-14-11-9)8-5-3-2-4-6-8/h2-6H,1H3. The summed E-state index contributed by atoms with van der Waals surface area (Å²) < 4.78 is 8.09. The van der Waals surface area contributed by atoms with E-state index < -0.39 is 0 Å². The molecule has 0 aliphatic rings. The molecule has 2 aromatic rings. The molecule has 0 unspecified atom stereocenters. The van der Waals surface area contributed by atoms with Gasteiger partial charge < -0.3 is 0 Å². The van der Waals surface area contributed by atoms with Crippen molar-refractivity contribution in [2.24, 2.45) is 0 Å². The fraction of sp³-hybridized carbons (Fsp3) is 0.100. The average molecular weight is 204 g/mol. The maximum atomic E-state index is 11.2. The Morgan fingerprint density at radius 1 is 1.21 bits per heavy atom. The molecule has 0 N–H and O–H groups in total. The Balaban J connectivity index is 2.52. The highest BCUT2D eigenvalue weighted by Gasteiger charge is 2.13. The van der Waals surface area contributed by atoms with Crippen LogP contribution in [0.3, 0.4) is 0 Å². The second kappa shape index (κ2) is 3.67. The van der Waals surface area contributed by atoms with Gasteiger partial charge in [-0.3, -0.25) is 4.79 Å². The molecule has 0 radical (unpaired) electrons. The van der Waals surface area contributed by atoms with Gasteiger partial charge in [-0.05, 0) is 0 Å². The Morgan fingerprint density at radius 3 is 2.57 bits per heavy atom. The largest absolute Gasteiger partial charge is 0.293 e. The van der Waals surface area contributed by atoms with E-state index in [4.69, 9.17) is 0 Å². The van der Waals surface area contributed by atoms with Gasteiger partial charge in [0.15, 0.2) is 5.78 Å². The van der Waals surface area contributed by atoms with E-state index in [0.717, 1.165) is 17.3 Å². The molecule has 0 fully saturated rings. The number of Topliss-reactive ketones (excluding diaryl/α,β-unsaturated/α-hetero) is 1. The number of aromatic nitrogens is 2. The fourth-order valence-corrected chi connectivity index (χ4v) is 1.82. The van der Waals surface area contributed by atoms with E-state index >= 15 is 0 Å². The molecular weight excluding hydrogens is 196 g/mol. The fourth-order valence-electron chi connectivity index (χ4n) is 1.20. The monoisotopic (exact) mass is 204 g/mol. The van der Waals surface area contributed by atoms with Gasteiger partial charge in [0.2, 0.25) is 0 Å². The Kier molecular flexibility index (Phi) is 2.37. The van der Waals surface area contributed by atoms with E-state index in [0.29, 0.717) is 11.4 Å². The van der Waals surface area contributed by atoms with E-state index in [9.17, 15) is 4.79 Å². The van der Waals surface area contributed by atoms with E-state index in [1.807, 2.05) is 30.3 Å². The molecule has 0 saturated heterocycles. The lowest BCUT2D eigenvalue weighted by atomic mass is 10.1. The zero-order chi connectivity index (χ0) is 9.97. The van der Waals surface area contributed by atoms with E-state index in [1.54, 1.807) is 0 Å². The molecule has 1 aromatic carbocycles. The van der Waals surface area contributed by atoms with Crippen molar-refractivity contribution in [2.75, 3.05) is 0 Å². The number of ketones is 1. The second-order valence-corrected chi connectivity index (χ2v) is 3.41. The van der Waals surface area contributed by atoms with Gasteiger partial charge in [0.05, 0.1) is 11.7 Å². The van der Waals surface area contributed by atoms with Crippen molar-refractivity contribution in [3.05, 3.63) is 36.0 Å². The van der Waals surface area contributed by atoms with Gasteiger partial charge in [-0.25, -0.2) is 0 Å². The molecule has 1 heterocycles. The van der Waals surface area contributed by atoms with Crippen LogP contribution in [0.5, 0.6) is 0 Å². The van der Waals surface area contributed by atoms with Crippen LogP contribution < -0.4 is 0 Å². The predicted molar refractivity (Wildman–Crippen MR) is 55.3 cm³/mol. The highest BCUT2D eigenvalue weighted by Crippen LogP contribution is 2.21. The molecule has 0 atom stereocenters. The predicted octanol–water partition coefficient (Wildman–Crippen LogP) is 2.41. The minimum atomic E-state index is -0.0439. The second-order valence-electron chi connectivity index (χ2n) is 2.88. The van der Waals surface area contributed by atoms with Crippen molar-refractivity contribution >= 4 is 17.5 Å². The molecule has 0 saturated carbocycles. The number of carbonyl (C=O) groups excluding carboxylic acids is 1. The minimum absolute atomic E-state index is 0.0439. The minimum Gasteiger partial charge on any atom is -0.293 e. The topological polar surface area (TPSA) is 42.9 Å². The normalized spacial score (nSPS) is 10.1. The van der Waals surface area contributed by atoms with Crippen LogP contribution >= 0.6 is 11.7 Å². The zero-order valence-electron chi connectivity index (χ0n) is 7.60. The number of nitrogens with zero attached hydrogens (tertiary/aromatic N) is 2. The van der Waals surface area contributed by atoms with Gasteiger partial charge in [-0.2, -0.15) is 8.75 Å². The third-order valence-corrected chi connectivity index (χ3v) is 2.40. The number of carbonyl (C=O) groups is 1. The van der Waals surface area contributed by atoms with Crippen LogP contribution in [0.4, 0.5) is 0 Å². The van der Waals surface area contributed by atoms with Gasteiger partial charge >= 0.3 is 0 Å². The lowest BCUT2D eigenvalue weighted by Gasteiger charge is -1.96. The molecule has 2 rings (SSSR count). The van der Waals surface area contributed by atoms with Gasteiger partial charge in [-0.15, -0.1) is 0 Å². The van der Waals surface area contributed by atoms with Crippen molar-refractivity contribution in [1.82, 2.24) is 8.75 Å². The van der Waals surface area contributed by atoms with Crippen LogP contribution in [0.25, 0.3) is 11.3 Å². The molecule has 4 heteroatoms. The summed E-state index contributed by atoms with van der Waals surface area (Å²) in [5.41, 5.74) is 2.08. The highest BCUT2D eigenvalue weighted by atomic mass is 32.1. The molecule has 0 aliphatic heterocycles. The summed E-state index contributed by atoms with van der Waals surface area (Å²) in [5.74, 6) is -0.0439. The smallest absolute Gasteiger partial charge is 0.181 e. The third-order valence-electron chi connectivity index (χ3n) is 1.87. The van der Waals surface area contributed by atoms with Crippen LogP contribution in [0.2, 0.25) is 0 Å². The zero-order valence-corrected chi connectivity index (χ0v) is 8.41. The number of rotatable bonds is 2. The summed E-state index contributed by atoms with van der Waals surface area (Å²) in [4.78, 5) is 11.2. The maximum Gasteiger partial charge on any atom is 0.181 e. The Bertz CT molecular complexity index is 450. The highest BCUT2D eigenvalue weighted by molar-refractivity contribution is 6.99. The van der Waals surface area contributed by atoms with Crippen LogP contribution in [0.15, 0.2) is 30.3 Å². The van der Waals surface area contributed by atoms with E-state index in [2.05, 4.69) is 8.75 Å². The Labute approximate surface area is 85.7 Å². The van der Waals surface area contributed by atoms with Crippen LogP contribution in [0.1, 0.15) is 17.4 Å². The first-order valence-corrected chi connectivity index (χ1v) is 4.91. The maximum absolute atomic E-state index is 11.2. The van der Waals surface area contributed by atoms with Crippen LogP contribution in [-0.4, -0.2) is 14.5 Å². The first kappa shape index (κ1) is 9.02. The Hall–Kier alpha value is -1.55. The van der Waals surface area contributed by atoms with Crippen LogP contribution in [-0.2, 0) is 0 Å². The third kappa shape index (κ3) is 1.56. The molecular formula is C10H8N2OS. The molecule has 14 heavy (non-hydrogen) atoms. The van der Waals surface area contributed by atoms with Crippen molar-refractivity contribution in [2.45, 2.75) is 6.92 Å². The van der Waals surface area contributed by atoms with E-state index in [1.165, 1.54) is 6.92 Å². The molecule has 0 spiro atoms. The molecule has 70 valence electrons. The number of benzene rings is 1.